The van der Waals surface area contributed by atoms with Crippen molar-refractivity contribution in [2.24, 2.45) is 11.8 Å². The summed E-state index contributed by atoms with van der Waals surface area (Å²) in [5.41, 5.74) is 2.83. The van der Waals surface area contributed by atoms with E-state index in [-0.39, 0.29) is 0 Å². The summed E-state index contributed by atoms with van der Waals surface area (Å²) in [7, 11) is 2.06. The molecule has 0 aliphatic heterocycles. The third-order valence-electron chi connectivity index (χ3n) is 6.73. The van der Waals surface area contributed by atoms with E-state index in [2.05, 4.69) is 31.0 Å². The van der Waals surface area contributed by atoms with Gasteiger partial charge < -0.3 is 0 Å². The van der Waals surface area contributed by atoms with Gasteiger partial charge >= 0.3 is 12.4 Å². The Balaban J connectivity index is 0.00000137. The van der Waals surface area contributed by atoms with E-state index in [0.717, 1.165) is 24.9 Å². The lowest BCUT2D eigenvalue weighted by molar-refractivity contribution is -0.245. The number of rotatable bonds is 7. The van der Waals surface area contributed by atoms with E-state index in [9.17, 15) is 26.3 Å². The predicted molar refractivity (Wildman–Crippen MR) is 124 cm³/mol. The summed E-state index contributed by atoms with van der Waals surface area (Å²) in [6.45, 7) is 4.41. The molecule has 192 valence electrons. The Morgan fingerprint density at radius 3 is 1.83 bits per heavy atom. The number of nitriles is 1. The van der Waals surface area contributed by atoms with E-state index in [1.54, 1.807) is 18.2 Å². The molecule has 1 aliphatic rings. The zero-order valence-corrected chi connectivity index (χ0v) is 20.2. The maximum atomic E-state index is 13.2. The Bertz CT molecular complexity index is 909. The molecule has 1 aliphatic carbocycles. The molecule has 0 spiro atoms. The smallest absolute Gasteiger partial charge is 0.299 e. The van der Waals surface area contributed by atoms with E-state index in [4.69, 9.17) is 5.26 Å². The van der Waals surface area contributed by atoms with Crippen LogP contribution < -0.4 is 0 Å². The molecule has 3 rings (SSSR count). The van der Waals surface area contributed by atoms with Crippen molar-refractivity contribution < 1.29 is 26.3 Å². The Labute approximate surface area is 203 Å². The van der Waals surface area contributed by atoms with E-state index in [1.807, 2.05) is 30.3 Å². The minimum Gasteiger partial charge on any atom is -0.299 e. The van der Waals surface area contributed by atoms with Crippen molar-refractivity contribution in [1.29, 1.82) is 5.26 Å². The van der Waals surface area contributed by atoms with Gasteiger partial charge in [-0.2, -0.15) is 31.6 Å². The molecule has 2 nitrogen and oxygen atoms in total. The standard InChI is InChI=1S/C25H29F6N.C2H3N/c1-17(32(2)16-19-6-4-3-5-7-19)8-9-18-10-12-20(13-11-18)21-14-22(24(26,27)28)23(15-21)25(29,30)31;1-2-3/h3-7,10-13,17,21-23H,8-9,14-16H2,1-2H3;1H3. The molecule has 35 heavy (non-hydrogen) atoms. The number of hydrogen-bond donors (Lipinski definition) is 0. The highest BCUT2D eigenvalue weighted by Gasteiger charge is 2.59. The minimum atomic E-state index is -4.84. The van der Waals surface area contributed by atoms with Crippen LogP contribution in [0.2, 0.25) is 0 Å². The second-order valence-corrected chi connectivity index (χ2v) is 9.22. The molecular formula is C27H32F6N2. The monoisotopic (exact) mass is 498 g/mol. The van der Waals surface area contributed by atoms with Crippen LogP contribution in [0.4, 0.5) is 26.3 Å². The topological polar surface area (TPSA) is 27.0 Å². The van der Waals surface area contributed by atoms with Crippen LogP contribution >= 0.6 is 0 Å². The Morgan fingerprint density at radius 2 is 1.37 bits per heavy atom. The lowest BCUT2D eigenvalue weighted by atomic mass is 9.94. The quantitative estimate of drug-likeness (QED) is 0.363. The average molecular weight is 499 g/mol. The van der Waals surface area contributed by atoms with Gasteiger partial charge in [-0.15, -0.1) is 0 Å². The second-order valence-electron chi connectivity index (χ2n) is 9.22. The number of nitrogens with zero attached hydrogens (tertiary/aromatic N) is 2. The highest BCUT2D eigenvalue weighted by molar-refractivity contribution is 5.27. The van der Waals surface area contributed by atoms with Crippen molar-refractivity contribution in [1.82, 2.24) is 4.90 Å². The van der Waals surface area contributed by atoms with Crippen molar-refractivity contribution in [2.45, 2.75) is 70.4 Å². The lowest BCUT2D eigenvalue weighted by Gasteiger charge is -2.25. The van der Waals surface area contributed by atoms with Crippen LogP contribution in [0.15, 0.2) is 54.6 Å². The van der Waals surface area contributed by atoms with Crippen molar-refractivity contribution in [3.8, 4) is 6.07 Å². The van der Waals surface area contributed by atoms with Crippen molar-refractivity contribution >= 4 is 0 Å². The molecule has 1 fully saturated rings. The highest BCUT2D eigenvalue weighted by Crippen LogP contribution is 2.54. The van der Waals surface area contributed by atoms with Crippen LogP contribution in [0.5, 0.6) is 0 Å². The van der Waals surface area contributed by atoms with Gasteiger partial charge in [0, 0.05) is 19.5 Å². The fraction of sp³-hybridized carbons (Fsp3) is 0.519. The van der Waals surface area contributed by atoms with Crippen LogP contribution in [0, 0.1) is 23.2 Å². The molecule has 0 amide bonds. The van der Waals surface area contributed by atoms with Crippen molar-refractivity contribution in [2.75, 3.05) is 7.05 Å². The first-order valence-electron chi connectivity index (χ1n) is 11.6. The molecule has 0 heterocycles. The number of hydrogen-bond acceptors (Lipinski definition) is 2. The summed E-state index contributed by atoms with van der Waals surface area (Å²) >= 11 is 0. The normalized spacial score (nSPS) is 21.2. The predicted octanol–water partition coefficient (Wildman–Crippen LogP) is 7.90. The average Bonchev–Trinajstić information content (AvgIpc) is 3.26. The second kappa shape index (κ2) is 12.4. The lowest BCUT2D eigenvalue weighted by Crippen LogP contribution is -2.35. The summed E-state index contributed by atoms with van der Waals surface area (Å²) in [4.78, 5) is 2.26. The molecule has 1 saturated carbocycles. The van der Waals surface area contributed by atoms with Gasteiger partial charge in [-0.1, -0.05) is 54.6 Å². The molecule has 2 aromatic rings. The molecular weight excluding hydrogens is 466 g/mol. The Morgan fingerprint density at radius 1 is 0.886 bits per heavy atom. The first kappa shape index (κ1) is 28.7. The van der Waals surface area contributed by atoms with Gasteiger partial charge in [-0.3, -0.25) is 4.90 Å². The summed E-state index contributed by atoms with van der Waals surface area (Å²) in [6.07, 6.45) is -8.99. The largest absolute Gasteiger partial charge is 0.392 e. The molecule has 0 bridgehead atoms. The van der Waals surface area contributed by atoms with Gasteiger partial charge in [0.15, 0.2) is 0 Å². The van der Waals surface area contributed by atoms with E-state index in [1.165, 1.54) is 12.5 Å². The van der Waals surface area contributed by atoms with Crippen molar-refractivity contribution in [3.63, 3.8) is 0 Å². The van der Waals surface area contributed by atoms with E-state index >= 15 is 0 Å². The fourth-order valence-corrected chi connectivity index (χ4v) is 4.61. The van der Waals surface area contributed by atoms with E-state index < -0.39 is 42.9 Å². The van der Waals surface area contributed by atoms with Gasteiger partial charge in [0.1, 0.15) is 0 Å². The fourth-order valence-electron chi connectivity index (χ4n) is 4.61. The van der Waals surface area contributed by atoms with E-state index in [0.29, 0.717) is 11.6 Å². The maximum Gasteiger partial charge on any atom is 0.392 e. The van der Waals surface area contributed by atoms with Crippen LogP contribution in [-0.2, 0) is 13.0 Å². The van der Waals surface area contributed by atoms with Gasteiger partial charge in [0.2, 0.25) is 0 Å². The molecule has 0 radical (unpaired) electrons. The van der Waals surface area contributed by atoms with Crippen LogP contribution in [0.25, 0.3) is 0 Å². The molecule has 3 atom stereocenters. The molecule has 0 saturated heterocycles. The molecule has 0 aromatic heterocycles. The zero-order chi connectivity index (χ0) is 26.2. The molecule has 8 heteroatoms. The summed E-state index contributed by atoms with van der Waals surface area (Å²) in [5.74, 6) is -5.38. The number of benzene rings is 2. The summed E-state index contributed by atoms with van der Waals surface area (Å²) < 4.78 is 79.0. The summed E-state index contributed by atoms with van der Waals surface area (Å²) in [5, 5.41) is 7.32. The summed E-state index contributed by atoms with van der Waals surface area (Å²) in [6, 6.07) is 19.3. The molecule has 3 unspecified atom stereocenters. The van der Waals surface area contributed by atoms with Gasteiger partial charge in [0.05, 0.1) is 17.9 Å². The number of aryl methyl sites for hydroxylation is 1. The SMILES string of the molecule is CC#N.CC(CCc1ccc(C2CC(C(F)(F)F)C(C(F)(F)F)C2)cc1)N(C)Cc1ccccc1. The minimum absolute atomic E-state index is 0.324. The molecule has 0 N–H and O–H groups in total. The third-order valence-corrected chi connectivity index (χ3v) is 6.73. The number of alkyl halides is 6. The van der Waals surface area contributed by atoms with Gasteiger partial charge in [0.25, 0.3) is 0 Å². The zero-order valence-electron chi connectivity index (χ0n) is 20.2. The number of halogens is 6. The Hall–Kier alpha value is -2.53. The van der Waals surface area contributed by atoms with Gasteiger partial charge in [-0.05, 0) is 62.3 Å². The van der Waals surface area contributed by atoms with Crippen LogP contribution in [-0.4, -0.2) is 30.3 Å². The first-order chi connectivity index (χ1) is 16.4. The van der Waals surface area contributed by atoms with Crippen molar-refractivity contribution in [3.05, 3.63) is 71.3 Å². The van der Waals surface area contributed by atoms with Crippen LogP contribution in [0.1, 0.15) is 55.7 Å². The van der Waals surface area contributed by atoms with Crippen LogP contribution in [0.3, 0.4) is 0 Å². The first-order valence-corrected chi connectivity index (χ1v) is 11.6. The Kier molecular flexibility index (Phi) is 10.2. The van der Waals surface area contributed by atoms with Gasteiger partial charge in [-0.25, -0.2) is 0 Å². The maximum absolute atomic E-state index is 13.2. The molecule has 2 aromatic carbocycles. The highest BCUT2D eigenvalue weighted by atomic mass is 19.4. The third kappa shape index (κ3) is 8.57.